The van der Waals surface area contributed by atoms with Crippen molar-refractivity contribution in [2.24, 2.45) is 5.73 Å². The van der Waals surface area contributed by atoms with Gasteiger partial charge >= 0.3 is 12.1 Å². The standard InChI is InChI=1S/C23H34ClN3O6/c1-23(2,3)33-22(31)27-17(13-14-18(25)28)21(30)26-16-11-8-10-15(20(16)24)9-6-5-7-12-19(29)32-4/h8,10-11,17H,5-7,9,12-14H2,1-4H3,(H2,25,28)(H,26,30)(H,27,31). The number of halogens is 1. The van der Waals surface area contributed by atoms with Crippen molar-refractivity contribution in [2.45, 2.75) is 77.4 Å². The van der Waals surface area contributed by atoms with E-state index in [1.807, 2.05) is 6.07 Å². The summed E-state index contributed by atoms with van der Waals surface area (Å²) in [5.41, 5.74) is 5.70. The molecule has 33 heavy (non-hydrogen) atoms. The van der Waals surface area contributed by atoms with Gasteiger partial charge in [-0.3, -0.25) is 14.4 Å². The minimum Gasteiger partial charge on any atom is -0.469 e. The van der Waals surface area contributed by atoms with Crippen LogP contribution in [0.2, 0.25) is 5.02 Å². The van der Waals surface area contributed by atoms with E-state index >= 15 is 0 Å². The van der Waals surface area contributed by atoms with Gasteiger partial charge in [0, 0.05) is 12.8 Å². The molecular formula is C23H34ClN3O6. The van der Waals surface area contributed by atoms with Crippen LogP contribution < -0.4 is 16.4 Å². The third-order valence-electron chi connectivity index (χ3n) is 4.58. The van der Waals surface area contributed by atoms with Crippen LogP contribution in [0.1, 0.15) is 64.9 Å². The number of esters is 1. The normalized spacial score (nSPS) is 11.9. The number of ether oxygens (including phenoxy) is 2. The van der Waals surface area contributed by atoms with Crippen LogP contribution in [0.3, 0.4) is 0 Å². The van der Waals surface area contributed by atoms with Gasteiger partial charge in [0.2, 0.25) is 11.8 Å². The monoisotopic (exact) mass is 483 g/mol. The quantitative estimate of drug-likeness (QED) is 0.306. The Morgan fingerprint density at radius 3 is 2.39 bits per heavy atom. The molecule has 0 fully saturated rings. The van der Waals surface area contributed by atoms with Crippen molar-refractivity contribution >= 4 is 41.2 Å². The number of unbranched alkanes of at least 4 members (excludes halogenated alkanes) is 2. The Bertz CT molecular complexity index is 838. The number of aryl methyl sites for hydroxylation is 1. The fourth-order valence-electron chi connectivity index (χ4n) is 2.96. The molecular weight excluding hydrogens is 450 g/mol. The van der Waals surface area contributed by atoms with Gasteiger partial charge in [0.25, 0.3) is 0 Å². The largest absolute Gasteiger partial charge is 0.469 e. The highest BCUT2D eigenvalue weighted by molar-refractivity contribution is 6.34. The minimum absolute atomic E-state index is 0.0118. The molecule has 0 radical (unpaired) electrons. The second-order valence-electron chi connectivity index (χ2n) is 8.61. The number of nitrogens with two attached hydrogens (primary N) is 1. The summed E-state index contributed by atoms with van der Waals surface area (Å²) in [5, 5.41) is 5.59. The van der Waals surface area contributed by atoms with Gasteiger partial charge in [0.15, 0.2) is 0 Å². The number of anilines is 1. The zero-order valence-electron chi connectivity index (χ0n) is 19.7. The maximum absolute atomic E-state index is 12.8. The number of benzene rings is 1. The summed E-state index contributed by atoms with van der Waals surface area (Å²) in [6.45, 7) is 5.10. The van der Waals surface area contributed by atoms with Crippen LogP contribution >= 0.6 is 11.6 Å². The lowest BCUT2D eigenvalue weighted by atomic mass is 10.0. The molecule has 0 aromatic heterocycles. The maximum atomic E-state index is 12.8. The molecule has 1 aromatic carbocycles. The number of rotatable bonds is 12. The molecule has 0 aliphatic carbocycles. The highest BCUT2D eigenvalue weighted by Crippen LogP contribution is 2.27. The molecule has 1 atom stereocenters. The smallest absolute Gasteiger partial charge is 0.408 e. The molecule has 0 aliphatic heterocycles. The van der Waals surface area contributed by atoms with Crippen molar-refractivity contribution in [2.75, 3.05) is 12.4 Å². The van der Waals surface area contributed by atoms with Gasteiger partial charge in [-0.1, -0.05) is 30.2 Å². The molecule has 1 unspecified atom stereocenters. The number of methoxy groups -OCH3 is 1. The van der Waals surface area contributed by atoms with Crippen molar-refractivity contribution in [3.05, 3.63) is 28.8 Å². The summed E-state index contributed by atoms with van der Waals surface area (Å²) in [6, 6.07) is 4.25. The first-order valence-corrected chi connectivity index (χ1v) is 11.2. The number of hydrogen-bond donors (Lipinski definition) is 3. The number of alkyl carbamates (subject to hydrolysis) is 1. The third-order valence-corrected chi connectivity index (χ3v) is 5.02. The SMILES string of the molecule is COC(=O)CCCCCc1cccc(NC(=O)C(CCC(N)=O)NC(=O)OC(C)(C)C)c1Cl. The van der Waals surface area contributed by atoms with Crippen LogP contribution in [-0.4, -0.2) is 42.6 Å². The predicted molar refractivity (Wildman–Crippen MR) is 126 cm³/mol. The van der Waals surface area contributed by atoms with E-state index in [0.29, 0.717) is 23.6 Å². The van der Waals surface area contributed by atoms with E-state index in [1.165, 1.54) is 7.11 Å². The first-order valence-electron chi connectivity index (χ1n) is 10.9. The molecule has 10 heteroatoms. The lowest BCUT2D eigenvalue weighted by Crippen LogP contribution is -2.46. The van der Waals surface area contributed by atoms with Crippen molar-refractivity contribution in [3.63, 3.8) is 0 Å². The van der Waals surface area contributed by atoms with E-state index in [1.54, 1.807) is 32.9 Å². The summed E-state index contributed by atoms with van der Waals surface area (Å²) in [5.74, 6) is -1.37. The van der Waals surface area contributed by atoms with E-state index < -0.39 is 29.6 Å². The molecule has 1 rings (SSSR count). The van der Waals surface area contributed by atoms with Gasteiger partial charge in [-0.2, -0.15) is 0 Å². The number of nitrogens with one attached hydrogen (secondary N) is 2. The van der Waals surface area contributed by atoms with Gasteiger partial charge < -0.3 is 25.8 Å². The predicted octanol–water partition coefficient (Wildman–Crippen LogP) is 3.71. The van der Waals surface area contributed by atoms with Crippen LogP contribution in [0.4, 0.5) is 10.5 Å². The average Bonchev–Trinajstić information content (AvgIpc) is 2.71. The molecule has 0 heterocycles. The summed E-state index contributed by atoms with van der Waals surface area (Å²) in [7, 11) is 1.36. The Balaban J connectivity index is 2.79. The second kappa shape index (κ2) is 13.7. The molecule has 0 saturated carbocycles. The summed E-state index contributed by atoms with van der Waals surface area (Å²) in [4.78, 5) is 47.4. The van der Waals surface area contributed by atoms with Crippen LogP contribution in [0, 0.1) is 0 Å². The van der Waals surface area contributed by atoms with Gasteiger partial charge in [0.05, 0.1) is 17.8 Å². The van der Waals surface area contributed by atoms with E-state index in [4.69, 9.17) is 22.1 Å². The average molecular weight is 484 g/mol. The number of carbonyl (C=O) groups is 4. The van der Waals surface area contributed by atoms with Gasteiger partial charge in [-0.25, -0.2) is 4.79 Å². The first-order chi connectivity index (χ1) is 15.4. The summed E-state index contributed by atoms with van der Waals surface area (Å²) < 4.78 is 9.83. The Labute approximate surface area is 199 Å². The van der Waals surface area contributed by atoms with E-state index in [-0.39, 0.29) is 18.8 Å². The van der Waals surface area contributed by atoms with Gasteiger partial charge in [0.1, 0.15) is 11.6 Å². The summed E-state index contributed by atoms with van der Waals surface area (Å²) >= 11 is 6.49. The van der Waals surface area contributed by atoms with E-state index in [9.17, 15) is 19.2 Å². The molecule has 1 aromatic rings. The minimum atomic E-state index is -1.04. The molecule has 184 valence electrons. The van der Waals surface area contributed by atoms with Gasteiger partial charge in [-0.15, -0.1) is 0 Å². The number of primary amides is 1. The maximum Gasteiger partial charge on any atom is 0.408 e. The third kappa shape index (κ3) is 11.6. The van der Waals surface area contributed by atoms with Crippen molar-refractivity contribution in [3.8, 4) is 0 Å². The lowest BCUT2D eigenvalue weighted by Gasteiger charge is -2.23. The molecule has 9 nitrogen and oxygen atoms in total. The Morgan fingerprint density at radius 1 is 1.09 bits per heavy atom. The molecule has 3 amide bonds. The van der Waals surface area contributed by atoms with Crippen LogP contribution in [0.15, 0.2) is 18.2 Å². The highest BCUT2D eigenvalue weighted by atomic mass is 35.5. The zero-order chi connectivity index (χ0) is 25.0. The number of hydrogen-bond acceptors (Lipinski definition) is 6. The fraction of sp³-hybridized carbons (Fsp3) is 0.565. The first kappa shape index (κ1) is 28.2. The lowest BCUT2D eigenvalue weighted by molar-refractivity contribution is -0.140. The number of amides is 3. The molecule has 0 saturated heterocycles. The molecule has 0 spiro atoms. The number of carbonyl (C=O) groups excluding carboxylic acids is 4. The van der Waals surface area contributed by atoms with Crippen LogP contribution in [0.5, 0.6) is 0 Å². The summed E-state index contributed by atoms with van der Waals surface area (Å²) in [6.07, 6.45) is 2.55. The van der Waals surface area contributed by atoms with Crippen molar-refractivity contribution < 1.29 is 28.7 Å². The van der Waals surface area contributed by atoms with Crippen molar-refractivity contribution in [1.82, 2.24) is 5.32 Å². The molecule has 0 aliphatic rings. The Hall–Kier alpha value is -2.81. The van der Waals surface area contributed by atoms with Crippen LogP contribution in [0.25, 0.3) is 0 Å². The Kier molecular flexibility index (Phi) is 11.7. The Morgan fingerprint density at radius 2 is 1.79 bits per heavy atom. The highest BCUT2D eigenvalue weighted by Gasteiger charge is 2.25. The van der Waals surface area contributed by atoms with Gasteiger partial charge in [-0.05, 0) is 58.1 Å². The second-order valence-corrected chi connectivity index (χ2v) is 8.99. The fourth-order valence-corrected chi connectivity index (χ4v) is 3.23. The zero-order valence-corrected chi connectivity index (χ0v) is 20.4. The molecule has 4 N–H and O–H groups in total. The van der Waals surface area contributed by atoms with E-state index in [0.717, 1.165) is 24.8 Å². The van der Waals surface area contributed by atoms with E-state index in [2.05, 4.69) is 15.4 Å². The topological polar surface area (TPSA) is 137 Å². The van der Waals surface area contributed by atoms with Crippen molar-refractivity contribution in [1.29, 1.82) is 0 Å². The van der Waals surface area contributed by atoms with Crippen LogP contribution in [-0.2, 0) is 30.3 Å². The molecule has 0 bridgehead atoms.